The van der Waals surface area contributed by atoms with E-state index in [0.717, 1.165) is 13.0 Å². The molecule has 2 fully saturated rings. The van der Waals surface area contributed by atoms with Gasteiger partial charge in [-0.15, -0.1) is 0 Å². The van der Waals surface area contributed by atoms with Gasteiger partial charge in [-0.2, -0.15) is 0 Å². The number of amides is 2. The van der Waals surface area contributed by atoms with E-state index in [-0.39, 0.29) is 23.6 Å². The summed E-state index contributed by atoms with van der Waals surface area (Å²) < 4.78 is 28.0. The van der Waals surface area contributed by atoms with Gasteiger partial charge in [0.05, 0.1) is 18.1 Å². The predicted octanol–water partition coefficient (Wildman–Crippen LogP) is 0.242. The lowest BCUT2D eigenvalue weighted by molar-refractivity contribution is 0.165. The lowest BCUT2D eigenvalue weighted by Crippen LogP contribution is -2.47. The fourth-order valence-electron chi connectivity index (χ4n) is 2.57. The molecule has 0 radical (unpaired) electrons. The number of urea groups is 1. The molecule has 0 aliphatic carbocycles. The molecule has 1 N–H and O–H groups in total. The zero-order valence-corrected chi connectivity index (χ0v) is 12.1. The molecule has 0 aromatic heterocycles. The van der Waals surface area contributed by atoms with Crippen molar-refractivity contribution >= 4 is 15.9 Å². The minimum Gasteiger partial charge on any atom is -0.381 e. The molecule has 2 atom stereocenters. The van der Waals surface area contributed by atoms with Crippen LogP contribution in [0.3, 0.4) is 0 Å². The van der Waals surface area contributed by atoms with Crippen LogP contribution < -0.4 is 5.32 Å². The molecule has 0 aromatic rings. The number of ether oxygens (including phenoxy) is 1. The highest BCUT2D eigenvalue weighted by molar-refractivity contribution is 7.91. The molecule has 0 unspecified atom stereocenters. The van der Waals surface area contributed by atoms with Crippen LogP contribution in [0.5, 0.6) is 0 Å². The Labute approximate surface area is 114 Å². The maximum absolute atomic E-state index is 12.1. The summed E-state index contributed by atoms with van der Waals surface area (Å²) >= 11 is 0. The van der Waals surface area contributed by atoms with E-state index in [1.165, 1.54) is 0 Å². The number of carbonyl (C=O) groups excluding carboxylic acids is 1. The first-order valence-electron chi connectivity index (χ1n) is 6.84. The van der Waals surface area contributed by atoms with E-state index in [4.69, 9.17) is 4.74 Å². The van der Waals surface area contributed by atoms with Gasteiger partial charge in [0.1, 0.15) is 0 Å². The van der Waals surface area contributed by atoms with Gasteiger partial charge in [0, 0.05) is 31.7 Å². The SMILES string of the molecule is CCN(C[C@@H]1CCOC1)C(=O)N[C@@H]1CCS(=O)(=O)C1. The van der Waals surface area contributed by atoms with Gasteiger partial charge in [-0.05, 0) is 19.8 Å². The number of hydrogen-bond donors (Lipinski definition) is 1. The van der Waals surface area contributed by atoms with Gasteiger partial charge in [0.15, 0.2) is 9.84 Å². The maximum atomic E-state index is 12.1. The zero-order valence-electron chi connectivity index (χ0n) is 11.3. The summed E-state index contributed by atoms with van der Waals surface area (Å²) in [7, 11) is -2.95. The lowest BCUT2D eigenvalue weighted by Gasteiger charge is -2.25. The Bertz CT molecular complexity index is 417. The molecule has 7 heteroatoms. The van der Waals surface area contributed by atoms with Crippen LogP contribution in [0.4, 0.5) is 4.79 Å². The summed E-state index contributed by atoms with van der Waals surface area (Å²) in [6, 6.07) is -0.386. The maximum Gasteiger partial charge on any atom is 0.317 e. The second-order valence-corrected chi connectivity index (χ2v) is 7.55. The molecule has 19 heavy (non-hydrogen) atoms. The van der Waals surface area contributed by atoms with Crippen LogP contribution in [0.15, 0.2) is 0 Å². The monoisotopic (exact) mass is 290 g/mol. The molecular weight excluding hydrogens is 268 g/mol. The zero-order chi connectivity index (χ0) is 13.9. The Hall–Kier alpha value is -0.820. The summed E-state index contributed by atoms with van der Waals surface area (Å²) in [6.45, 7) is 4.72. The summed E-state index contributed by atoms with van der Waals surface area (Å²) in [5, 5.41) is 2.83. The number of nitrogens with one attached hydrogen (secondary N) is 1. The fourth-order valence-corrected chi connectivity index (χ4v) is 4.24. The molecule has 2 amide bonds. The topological polar surface area (TPSA) is 75.7 Å². The first kappa shape index (κ1) is 14.6. The molecule has 6 nitrogen and oxygen atoms in total. The van der Waals surface area contributed by atoms with Crippen LogP contribution >= 0.6 is 0 Å². The van der Waals surface area contributed by atoms with E-state index in [0.29, 0.717) is 32.0 Å². The molecule has 2 aliphatic heterocycles. The van der Waals surface area contributed by atoms with Crippen molar-refractivity contribution in [2.24, 2.45) is 5.92 Å². The van der Waals surface area contributed by atoms with Gasteiger partial charge < -0.3 is 15.0 Å². The first-order valence-corrected chi connectivity index (χ1v) is 8.66. The standard InChI is InChI=1S/C12H22N2O4S/c1-2-14(7-10-3-5-18-8-10)12(15)13-11-4-6-19(16,17)9-11/h10-11H,2-9H2,1H3,(H,13,15)/t10-,11+/m0/s1. The van der Waals surface area contributed by atoms with Crippen LogP contribution in [0.1, 0.15) is 19.8 Å². The van der Waals surface area contributed by atoms with E-state index >= 15 is 0 Å². The van der Waals surface area contributed by atoms with E-state index in [9.17, 15) is 13.2 Å². The van der Waals surface area contributed by atoms with Crippen molar-refractivity contribution in [3.05, 3.63) is 0 Å². The lowest BCUT2D eigenvalue weighted by atomic mass is 10.1. The van der Waals surface area contributed by atoms with Crippen LogP contribution in [0, 0.1) is 5.92 Å². The van der Waals surface area contributed by atoms with Crippen molar-refractivity contribution in [1.82, 2.24) is 10.2 Å². The van der Waals surface area contributed by atoms with Gasteiger partial charge in [-0.3, -0.25) is 0 Å². The molecule has 0 spiro atoms. The van der Waals surface area contributed by atoms with Crippen molar-refractivity contribution in [2.45, 2.75) is 25.8 Å². The van der Waals surface area contributed by atoms with Gasteiger partial charge in [0.25, 0.3) is 0 Å². The average molecular weight is 290 g/mol. The largest absolute Gasteiger partial charge is 0.381 e. The first-order chi connectivity index (χ1) is 9.00. The van der Waals surface area contributed by atoms with Gasteiger partial charge in [-0.25, -0.2) is 13.2 Å². The van der Waals surface area contributed by atoms with Crippen LogP contribution in [-0.4, -0.2) is 63.2 Å². The number of sulfone groups is 1. The Morgan fingerprint density at radius 3 is 2.74 bits per heavy atom. The second kappa shape index (κ2) is 6.09. The number of hydrogen-bond acceptors (Lipinski definition) is 4. The molecular formula is C12H22N2O4S. The average Bonchev–Trinajstić information content (AvgIpc) is 2.95. The third-order valence-electron chi connectivity index (χ3n) is 3.73. The minimum atomic E-state index is -2.95. The summed E-state index contributed by atoms with van der Waals surface area (Å²) in [5.74, 6) is 0.654. The highest BCUT2D eigenvalue weighted by atomic mass is 32.2. The fraction of sp³-hybridized carbons (Fsp3) is 0.917. The van der Waals surface area contributed by atoms with E-state index in [2.05, 4.69) is 5.32 Å². The van der Waals surface area contributed by atoms with Crippen molar-refractivity contribution in [3.8, 4) is 0 Å². The quantitative estimate of drug-likeness (QED) is 0.805. The van der Waals surface area contributed by atoms with E-state index in [1.807, 2.05) is 6.92 Å². The number of nitrogens with zero attached hydrogens (tertiary/aromatic N) is 1. The summed E-state index contributed by atoms with van der Waals surface area (Å²) in [4.78, 5) is 13.8. The minimum absolute atomic E-state index is 0.0723. The molecule has 2 saturated heterocycles. The number of rotatable bonds is 4. The van der Waals surface area contributed by atoms with E-state index < -0.39 is 9.84 Å². The van der Waals surface area contributed by atoms with Crippen molar-refractivity contribution in [2.75, 3.05) is 37.8 Å². The van der Waals surface area contributed by atoms with Gasteiger partial charge in [0.2, 0.25) is 0 Å². The van der Waals surface area contributed by atoms with Crippen molar-refractivity contribution in [3.63, 3.8) is 0 Å². The normalized spacial score (nSPS) is 29.3. The Balaban J connectivity index is 1.83. The van der Waals surface area contributed by atoms with Crippen molar-refractivity contribution < 1.29 is 17.9 Å². The van der Waals surface area contributed by atoms with Crippen LogP contribution in [-0.2, 0) is 14.6 Å². The Kier molecular flexibility index (Phi) is 4.67. The molecule has 110 valence electrons. The Morgan fingerprint density at radius 1 is 1.42 bits per heavy atom. The predicted molar refractivity (Wildman–Crippen MR) is 71.8 cm³/mol. The third-order valence-corrected chi connectivity index (χ3v) is 5.50. The molecule has 2 rings (SSSR count). The smallest absolute Gasteiger partial charge is 0.317 e. The third kappa shape index (κ3) is 4.07. The van der Waals surface area contributed by atoms with Crippen LogP contribution in [0.25, 0.3) is 0 Å². The van der Waals surface area contributed by atoms with Gasteiger partial charge in [-0.1, -0.05) is 0 Å². The molecule has 0 saturated carbocycles. The van der Waals surface area contributed by atoms with Crippen molar-refractivity contribution in [1.29, 1.82) is 0 Å². The number of carbonyl (C=O) groups is 1. The summed E-state index contributed by atoms with van der Waals surface area (Å²) in [5.41, 5.74) is 0. The van der Waals surface area contributed by atoms with E-state index in [1.54, 1.807) is 4.90 Å². The molecule has 0 bridgehead atoms. The molecule has 2 heterocycles. The molecule has 2 aliphatic rings. The highest BCUT2D eigenvalue weighted by Crippen LogP contribution is 2.15. The highest BCUT2D eigenvalue weighted by Gasteiger charge is 2.30. The second-order valence-electron chi connectivity index (χ2n) is 5.32. The summed E-state index contributed by atoms with van der Waals surface area (Å²) in [6.07, 6.45) is 1.51. The molecule has 0 aromatic carbocycles. The van der Waals surface area contributed by atoms with Crippen LogP contribution in [0.2, 0.25) is 0 Å². The van der Waals surface area contributed by atoms with Gasteiger partial charge >= 0.3 is 6.03 Å². The Morgan fingerprint density at radius 2 is 2.21 bits per heavy atom.